The molecule has 3 aromatic rings. The van der Waals surface area contributed by atoms with E-state index < -0.39 is 0 Å². The van der Waals surface area contributed by atoms with E-state index in [-0.39, 0.29) is 18.4 Å². The van der Waals surface area contributed by atoms with E-state index in [1.165, 1.54) is 5.56 Å². The number of nitrogens with zero attached hydrogens (tertiary/aromatic N) is 2. The number of carbonyl (C=O) groups excluding carboxylic acids is 1. The fourth-order valence-electron chi connectivity index (χ4n) is 2.54. The van der Waals surface area contributed by atoms with Crippen LogP contribution in [0, 0.1) is 6.92 Å². The summed E-state index contributed by atoms with van der Waals surface area (Å²) in [6.45, 7) is 3.95. The summed E-state index contributed by atoms with van der Waals surface area (Å²) in [5, 5.41) is 11.7. The quantitative estimate of drug-likeness (QED) is 0.694. The first-order valence-corrected chi connectivity index (χ1v) is 8.83. The van der Waals surface area contributed by atoms with Gasteiger partial charge in [0.25, 0.3) is 0 Å². The molecule has 0 aliphatic rings. The van der Waals surface area contributed by atoms with Crippen molar-refractivity contribution >= 4 is 17.5 Å². The lowest BCUT2D eigenvalue weighted by atomic mass is 10.1. The van der Waals surface area contributed by atoms with Gasteiger partial charge in [-0.05, 0) is 43.7 Å². The van der Waals surface area contributed by atoms with Gasteiger partial charge in [0, 0.05) is 23.4 Å². The molecule has 26 heavy (non-hydrogen) atoms. The van der Waals surface area contributed by atoms with Gasteiger partial charge in [0.2, 0.25) is 17.7 Å². The molecule has 0 spiro atoms. The molecule has 1 heterocycles. The Labute approximate surface area is 157 Å². The average molecular weight is 370 g/mol. The number of aromatic nitrogens is 2. The molecule has 2 aromatic carbocycles. The van der Waals surface area contributed by atoms with Gasteiger partial charge >= 0.3 is 0 Å². The zero-order chi connectivity index (χ0) is 18.5. The number of amides is 1. The number of halogens is 1. The fourth-order valence-corrected chi connectivity index (χ4v) is 2.66. The van der Waals surface area contributed by atoms with Crippen LogP contribution in [-0.2, 0) is 11.2 Å². The summed E-state index contributed by atoms with van der Waals surface area (Å²) < 4.78 is 5.65. The van der Waals surface area contributed by atoms with Gasteiger partial charge in [-0.2, -0.15) is 0 Å². The third kappa shape index (κ3) is 4.70. The van der Waals surface area contributed by atoms with E-state index in [1.54, 1.807) is 0 Å². The molecule has 0 saturated heterocycles. The number of carbonyl (C=O) groups is 1. The van der Waals surface area contributed by atoms with Crippen LogP contribution in [0.1, 0.15) is 36.4 Å². The molecule has 1 N–H and O–H groups in total. The maximum Gasteiger partial charge on any atom is 0.247 e. The average Bonchev–Trinajstić information content (AvgIpc) is 3.10. The fraction of sp³-hybridized carbons (Fsp3) is 0.250. The van der Waals surface area contributed by atoms with E-state index in [9.17, 15) is 4.79 Å². The van der Waals surface area contributed by atoms with Crippen molar-refractivity contribution in [1.29, 1.82) is 0 Å². The van der Waals surface area contributed by atoms with Crippen LogP contribution in [0.15, 0.2) is 52.9 Å². The van der Waals surface area contributed by atoms with Gasteiger partial charge in [0.1, 0.15) is 0 Å². The van der Waals surface area contributed by atoms with Crippen LogP contribution in [0.4, 0.5) is 0 Å². The number of rotatable bonds is 6. The van der Waals surface area contributed by atoms with Crippen LogP contribution in [0.5, 0.6) is 0 Å². The molecular weight excluding hydrogens is 350 g/mol. The lowest BCUT2D eigenvalue weighted by molar-refractivity contribution is -0.121. The van der Waals surface area contributed by atoms with Gasteiger partial charge in [-0.3, -0.25) is 4.79 Å². The van der Waals surface area contributed by atoms with E-state index in [0.717, 1.165) is 11.1 Å². The first-order chi connectivity index (χ1) is 12.5. The van der Waals surface area contributed by atoms with E-state index in [4.69, 9.17) is 16.0 Å². The molecule has 3 rings (SSSR count). The Morgan fingerprint density at radius 2 is 1.81 bits per heavy atom. The summed E-state index contributed by atoms with van der Waals surface area (Å²) in [7, 11) is 0. The summed E-state index contributed by atoms with van der Waals surface area (Å²) in [4.78, 5) is 12.2. The third-order valence-corrected chi connectivity index (χ3v) is 4.33. The second-order valence-electron chi connectivity index (χ2n) is 6.21. The minimum atomic E-state index is -0.0921. The van der Waals surface area contributed by atoms with Crippen LogP contribution in [0.25, 0.3) is 11.5 Å². The highest BCUT2D eigenvalue weighted by atomic mass is 35.5. The second-order valence-corrected chi connectivity index (χ2v) is 6.64. The molecular formula is C20H20ClN3O2. The Balaban J connectivity index is 1.53. The van der Waals surface area contributed by atoms with Crippen molar-refractivity contribution in [1.82, 2.24) is 15.5 Å². The van der Waals surface area contributed by atoms with Crippen molar-refractivity contribution in [3.63, 3.8) is 0 Å². The lowest BCUT2D eigenvalue weighted by Gasteiger charge is -2.14. The minimum absolute atomic E-state index is 0.0671. The summed E-state index contributed by atoms with van der Waals surface area (Å²) in [5.41, 5.74) is 3.04. The monoisotopic (exact) mass is 369 g/mol. The Morgan fingerprint density at radius 3 is 2.50 bits per heavy atom. The number of hydrogen-bond donors (Lipinski definition) is 1. The van der Waals surface area contributed by atoms with E-state index in [0.29, 0.717) is 23.2 Å². The van der Waals surface area contributed by atoms with Gasteiger partial charge in [-0.1, -0.05) is 41.4 Å². The van der Waals surface area contributed by atoms with Crippen LogP contribution < -0.4 is 5.32 Å². The molecule has 0 saturated carbocycles. The van der Waals surface area contributed by atoms with Crippen molar-refractivity contribution in [3.8, 4) is 11.5 Å². The zero-order valence-electron chi connectivity index (χ0n) is 14.7. The first kappa shape index (κ1) is 18.1. The van der Waals surface area contributed by atoms with Crippen LogP contribution in [0.2, 0.25) is 5.02 Å². The van der Waals surface area contributed by atoms with Crippen molar-refractivity contribution in [2.75, 3.05) is 0 Å². The van der Waals surface area contributed by atoms with E-state index in [1.807, 2.05) is 62.4 Å². The molecule has 0 bridgehead atoms. The summed E-state index contributed by atoms with van der Waals surface area (Å²) in [5.74, 6) is 0.854. The normalized spacial score (nSPS) is 12.0. The van der Waals surface area contributed by atoms with Gasteiger partial charge in [-0.25, -0.2) is 0 Å². The standard InChI is InChI=1S/C20H20ClN3O2/c1-13-3-5-16(6-4-13)20-24-23-19(26-20)12-11-18(25)22-14(2)15-7-9-17(21)10-8-15/h3-10,14H,11-12H2,1-2H3,(H,22,25)/t14-/m0/s1. The maximum atomic E-state index is 12.2. The second kappa shape index (κ2) is 8.15. The lowest BCUT2D eigenvalue weighted by Crippen LogP contribution is -2.26. The molecule has 5 nitrogen and oxygen atoms in total. The molecule has 1 aromatic heterocycles. The Morgan fingerprint density at radius 1 is 1.12 bits per heavy atom. The summed E-state index contributed by atoms with van der Waals surface area (Å²) in [6, 6.07) is 15.2. The van der Waals surface area contributed by atoms with Crippen molar-refractivity contribution in [3.05, 3.63) is 70.6 Å². The van der Waals surface area contributed by atoms with Crippen LogP contribution >= 0.6 is 11.6 Å². The Kier molecular flexibility index (Phi) is 5.68. The van der Waals surface area contributed by atoms with Gasteiger partial charge in [0.05, 0.1) is 6.04 Å². The minimum Gasteiger partial charge on any atom is -0.421 e. The zero-order valence-corrected chi connectivity index (χ0v) is 15.5. The summed E-state index contributed by atoms with van der Waals surface area (Å²) >= 11 is 5.88. The van der Waals surface area contributed by atoms with Gasteiger partial charge in [-0.15, -0.1) is 10.2 Å². The smallest absolute Gasteiger partial charge is 0.247 e. The van der Waals surface area contributed by atoms with E-state index in [2.05, 4.69) is 15.5 Å². The largest absolute Gasteiger partial charge is 0.421 e. The van der Waals surface area contributed by atoms with Crippen LogP contribution in [-0.4, -0.2) is 16.1 Å². The highest BCUT2D eigenvalue weighted by Crippen LogP contribution is 2.19. The molecule has 0 radical (unpaired) electrons. The molecule has 0 unspecified atom stereocenters. The van der Waals surface area contributed by atoms with Crippen LogP contribution in [0.3, 0.4) is 0 Å². The van der Waals surface area contributed by atoms with Crippen molar-refractivity contribution in [2.24, 2.45) is 0 Å². The van der Waals surface area contributed by atoms with Crippen molar-refractivity contribution < 1.29 is 9.21 Å². The predicted octanol–water partition coefficient (Wildman–Crippen LogP) is 4.51. The Bertz CT molecular complexity index is 873. The molecule has 0 aliphatic heterocycles. The molecule has 134 valence electrons. The van der Waals surface area contributed by atoms with Crippen molar-refractivity contribution in [2.45, 2.75) is 32.7 Å². The molecule has 0 aliphatic carbocycles. The maximum absolute atomic E-state index is 12.2. The predicted molar refractivity (Wildman–Crippen MR) is 101 cm³/mol. The SMILES string of the molecule is Cc1ccc(-c2nnc(CCC(=O)N[C@@H](C)c3ccc(Cl)cc3)o2)cc1. The summed E-state index contributed by atoms with van der Waals surface area (Å²) in [6.07, 6.45) is 0.686. The van der Waals surface area contributed by atoms with Gasteiger partial charge < -0.3 is 9.73 Å². The highest BCUT2D eigenvalue weighted by Gasteiger charge is 2.13. The first-order valence-electron chi connectivity index (χ1n) is 8.45. The number of nitrogens with one attached hydrogen (secondary N) is 1. The number of benzene rings is 2. The molecule has 6 heteroatoms. The highest BCUT2D eigenvalue weighted by molar-refractivity contribution is 6.30. The topological polar surface area (TPSA) is 68.0 Å². The molecule has 1 atom stereocenters. The van der Waals surface area contributed by atoms with Gasteiger partial charge in [0.15, 0.2) is 0 Å². The Hall–Kier alpha value is -2.66. The van der Waals surface area contributed by atoms with E-state index >= 15 is 0 Å². The third-order valence-electron chi connectivity index (χ3n) is 4.08. The number of hydrogen-bond acceptors (Lipinski definition) is 4. The molecule has 1 amide bonds. The molecule has 0 fully saturated rings. The number of aryl methyl sites for hydroxylation is 2.